The van der Waals surface area contributed by atoms with Crippen LogP contribution in [0.4, 0.5) is 0 Å². The Morgan fingerprint density at radius 3 is 1.07 bits per heavy atom. The van der Waals surface area contributed by atoms with Crippen LogP contribution in [0.1, 0.15) is 0 Å². The van der Waals surface area contributed by atoms with Gasteiger partial charge in [0.15, 0.2) is 11.2 Å². The monoisotopic (exact) mass is 694 g/mol. The molecule has 0 unspecified atom stereocenters. The molecule has 0 saturated heterocycles. The van der Waals surface area contributed by atoms with Gasteiger partial charge in [-0.2, -0.15) is 0 Å². The summed E-state index contributed by atoms with van der Waals surface area (Å²) in [6, 6.07) is 53.8. The fraction of sp³-hybridized carbons (Fsp3) is 0. The maximum absolute atomic E-state index is 6.29. The van der Waals surface area contributed by atoms with Gasteiger partial charge in [-0.3, -0.25) is 0 Å². The van der Waals surface area contributed by atoms with Gasteiger partial charge in [-0.15, -0.1) is 0 Å². The molecule has 0 aliphatic rings. The maximum atomic E-state index is 6.29. The first-order valence-electron chi connectivity index (χ1n) is 17.8. The van der Waals surface area contributed by atoms with Crippen LogP contribution in [0.25, 0.3) is 122 Å². The SMILES string of the molecule is c1ccc2cc3oc(-c4ccc(-c5nc6cc7cc8oc(-c9ccc(-c%10cc%11cc%12ccccc%12cc%11o%10)cc9)nc8cc7cc6o5)cc4)cc3cc2c1. The molecule has 0 spiro atoms. The van der Waals surface area contributed by atoms with Crippen molar-refractivity contribution >= 4 is 76.5 Å². The van der Waals surface area contributed by atoms with E-state index in [0.29, 0.717) is 22.9 Å². The molecule has 6 nitrogen and oxygen atoms in total. The molecule has 0 aliphatic heterocycles. The first-order chi connectivity index (χ1) is 26.6. The van der Waals surface area contributed by atoms with Crippen LogP contribution in [0, 0.1) is 0 Å². The molecule has 0 bridgehead atoms. The Bertz CT molecular complexity index is 3030. The van der Waals surface area contributed by atoms with Crippen molar-refractivity contribution in [2.75, 3.05) is 0 Å². The van der Waals surface area contributed by atoms with Crippen molar-refractivity contribution in [2.24, 2.45) is 0 Å². The summed E-state index contributed by atoms with van der Waals surface area (Å²) in [4.78, 5) is 9.70. The third-order valence-electron chi connectivity index (χ3n) is 10.5. The fourth-order valence-electron chi connectivity index (χ4n) is 7.64. The smallest absolute Gasteiger partial charge is 0.227 e. The molecule has 0 N–H and O–H groups in total. The molecule has 8 aromatic carbocycles. The molecule has 6 heteroatoms. The quantitative estimate of drug-likeness (QED) is 0.182. The lowest BCUT2D eigenvalue weighted by Gasteiger charge is -1.99. The van der Waals surface area contributed by atoms with Gasteiger partial charge in [-0.1, -0.05) is 72.8 Å². The van der Waals surface area contributed by atoms with Crippen molar-refractivity contribution in [1.82, 2.24) is 9.97 Å². The van der Waals surface area contributed by atoms with Gasteiger partial charge < -0.3 is 17.7 Å². The molecule has 4 aromatic heterocycles. The number of aromatic nitrogens is 2. The molecule has 0 fully saturated rings. The Morgan fingerprint density at radius 1 is 0.278 bits per heavy atom. The third-order valence-corrected chi connectivity index (χ3v) is 10.5. The van der Waals surface area contributed by atoms with Gasteiger partial charge in [0.1, 0.15) is 33.7 Å². The highest BCUT2D eigenvalue weighted by atomic mass is 16.4. The zero-order valence-corrected chi connectivity index (χ0v) is 28.5. The van der Waals surface area contributed by atoms with Gasteiger partial charge in [-0.05, 0) is 117 Å². The predicted molar refractivity (Wildman–Crippen MR) is 215 cm³/mol. The molecular formula is C48H26N2O4. The van der Waals surface area contributed by atoms with Crippen LogP contribution >= 0.6 is 0 Å². The molecule has 0 saturated carbocycles. The van der Waals surface area contributed by atoms with Crippen LogP contribution < -0.4 is 0 Å². The number of oxazole rings is 2. The van der Waals surface area contributed by atoms with Gasteiger partial charge in [0.25, 0.3) is 0 Å². The third kappa shape index (κ3) is 4.67. The van der Waals surface area contributed by atoms with Gasteiger partial charge in [-0.25, -0.2) is 9.97 Å². The van der Waals surface area contributed by atoms with Crippen LogP contribution in [-0.2, 0) is 0 Å². The molecule has 0 radical (unpaired) electrons. The van der Waals surface area contributed by atoms with E-state index in [9.17, 15) is 0 Å². The molecular weight excluding hydrogens is 669 g/mol. The first kappa shape index (κ1) is 29.2. The maximum Gasteiger partial charge on any atom is 0.227 e. The van der Waals surface area contributed by atoms with Crippen molar-refractivity contribution in [3.8, 4) is 45.6 Å². The Hall–Kier alpha value is -7.44. The van der Waals surface area contributed by atoms with Crippen molar-refractivity contribution < 1.29 is 17.7 Å². The lowest BCUT2D eigenvalue weighted by molar-refractivity contribution is 0.619. The van der Waals surface area contributed by atoms with E-state index < -0.39 is 0 Å². The highest BCUT2D eigenvalue weighted by Crippen LogP contribution is 2.36. The van der Waals surface area contributed by atoms with Gasteiger partial charge in [0.2, 0.25) is 11.8 Å². The lowest BCUT2D eigenvalue weighted by Crippen LogP contribution is -1.79. The summed E-state index contributed by atoms with van der Waals surface area (Å²) in [6.45, 7) is 0. The Balaban J connectivity index is 0.822. The molecule has 12 rings (SSSR count). The van der Waals surface area contributed by atoms with Crippen LogP contribution in [0.3, 0.4) is 0 Å². The van der Waals surface area contributed by atoms with E-state index in [1.54, 1.807) is 0 Å². The van der Waals surface area contributed by atoms with Gasteiger partial charge in [0, 0.05) is 33.0 Å². The summed E-state index contributed by atoms with van der Waals surface area (Å²) in [5.41, 5.74) is 8.49. The topological polar surface area (TPSA) is 78.3 Å². The van der Waals surface area contributed by atoms with Gasteiger partial charge in [0.05, 0.1) is 0 Å². The molecule has 0 aliphatic carbocycles. The summed E-state index contributed by atoms with van der Waals surface area (Å²) < 4.78 is 25.1. The molecule has 12 aromatic rings. The van der Waals surface area contributed by atoms with E-state index in [2.05, 4.69) is 72.8 Å². The summed E-state index contributed by atoms with van der Waals surface area (Å²) in [5, 5.41) is 8.88. The minimum absolute atomic E-state index is 0.561. The van der Waals surface area contributed by atoms with E-state index in [-0.39, 0.29) is 0 Å². The Labute approximate surface area is 306 Å². The van der Waals surface area contributed by atoms with E-state index in [1.807, 2.05) is 84.9 Å². The van der Waals surface area contributed by atoms with E-state index in [0.717, 1.165) is 88.3 Å². The molecule has 0 atom stereocenters. The van der Waals surface area contributed by atoms with Crippen LogP contribution in [0.2, 0.25) is 0 Å². The molecule has 4 heterocycles. The van der Waals surface area contributed by atoms with Crippen molar-refractivity contribution in [2.45, 2.75) is 0 Å². The van der Waals surface area contributed by atoms with E-state index in [1.165, 1.54) is 10.8 Å². The van der Waals surface area contributed by atoms with Gasteiger partial charge >= 0.3 is 0 Å². The standard InChI is InChI=1S/C48H26N2O4/c1-3-7-33-21-43-37(17-31(33)5-1)25-41(51-43)27-9-13-29(14-10-27)47-49-39-19-35-24-46-40(20-36(35)23-45(39)53-47)50-48(54-46)30-15-11-28(12-16-30)42-26-38-18-32-6-2-4-8-34(32)22-44(38)52-42/h1-26H. The molecule has 252 valence electrons. The number of hydrogen-bond donors (Lipinski definition) is 0. The number of hydrogen-bond acceptors (Lipinski definition) is 6. The number of rotatable bonds is 4. The number of fused-ring (bicyclic) bond motifs is 7. The second kappa shape index (κ2) is 11.0. The normalized spacial score (nSPS) is 12.1. The number of benzene rings is 8. The summed E-state index contributed by atoms with van der Waals surface area (Å²) in [7, 11) is 0. The van der Waals surface area contributed by atoms with Crippen LogP contribution in [0.15, 0.2) is 175 Å². The molecule has 54 heavy (non-hydrogen) atoms. The average molecular weight is 695 g/mol. The summed E-state index contributed by atoms with van der Waals surface area (Å²) >= 11 is 0. The zero-order chi connectivity index (χ0) is 35.3. The zero-order valence-electron chi connectivity index (χ0n) is 28.5. The fourth-order valence-corrected chi connectivity index (χ4v) is 7.64. The number of furan rings is 2. The van der Waals surface area contributed by atoms with Crippen molar-refractivity contribution in [3.05, 3.63) is 158 Å². The highest BCUT2D eigenvalue weighted by molar-refractivity contribution is 6.02. The van der Waals surface area contributed by atoms with Crippen molar-refractivity contribution in [3.63, 3.8) is 0 Å². The van der Waals surface area contributed by atoms with E-state index in [4.69, 9.17) is 27.6 Å². The summed E-state index contributed by atoms with van der Waals surface area (Å²) in [6.07, 6.45) is 0. The predicted octanol–water partition coefficient (Wildman–Crippen LogP) is 13.6. The Morgan fingerprint density at radius 2 is 0.648 bits per heavy atom. The Kier molecular flexibility index (Phi) is 5.96. The average Bonchev–Trinajstić information content (AvgIpc) is 4.01. The van der Waals surface area contributed by atoms with Crippen LogP contribution in [0.5, 0.6) is 0 Å². The second-order valence-electron chi connectivity index (χ2n) is 13.9. The minimum atomic E-state index is 0.561. The molecule has 0 amide bonds. The number of nitrogens with zero attached hydrogens (tertiary/aromatic N) is 2. The highest BCUT2D eigenvalue weighted by Gasteiger charge is 2.15. The second-order valence-corrected chi connectivity index (χ2v) is 13.9. The summed E-state index contributed by atoms with van der Waals surface area (Å²) in [5.74, 6) is 2.77. The van der Waals surface area contributed by atoms with Crippen molar-refractivity contribution in [1.29, 1.82) is 0 Å². The van der Waals surface area contributed by atoms with Crippen LogP contribution in [-0.4, -0.2) is 9.97 Å². The van der Waals surface area contributed by atoms with E-state index >= 15 is 0 Å². The largest absolute Gasteiger partial charge is 0.456 e. The lowest BCUT2D eigenvalue weighted by atomic mass is 10.1. The minimum Gasteiger partial charge on any atom is -0.456 e. The first-order valence-corrected chi connectivity index (χ1v) is 17.8.